The first-order valence-corrected chi connectivity index (χ1v) is 2.70. The maximum absolute atomic E-state index is 9.85. The van der Waals surface area contributed by atoms with E-state index in [4.69, 9.17) is 15.3 Å². The second-order valence-electron chi connectivity index (χ2n) is 1.71. The molecule has 0 fully saturated rings. The molecule has 0 aliphatic rings. The molecule has 0 aromatic heterocycles. The van der Waals surface area contributed by atoms with Gasteiger partial charge in [-0.25, -0.2) is 0 Å². The summed E-state index contributed by atoms with van der Waals surface area (Å²) in [5.74, 6) is -1.19. The summed E-state index contributed by atoms with van der Waals surface area (Å²) in [5, 5.41) is 25.0. The summed E-state index contributed by atoms with van der Waals surface area (Å²) in [4.78, 5) is 8.07. The van der Waals surface area contributed by atoms with Crippen molar-refractivity contribution < 1.29 is 20.1 Å². The first-order valence-electron chi connectivity index (χ1n) is 2.25. The van der Waals surface area contributed by atoms with E-state index in [2.05, 4.69) is 12.6 Å². The average Bonchev–Trinajstić information content (AvgIpc) is 1.63. The normalized spacial score (nSPS) is 16.8. The number of thiol groups is 1. The highest BCUT2D eigenvalue weighted by molar-refractivity contribution is 7.81. The molecule has 0 aliphatic carbocycles. The summed E-state index contributed by atoms with van der Waals surface area (Å²) in [6.07, 6.45) is -0.563. The molecule has 1 atom stereocenters. The quantitative estimate of drug-likeness (QED) is 0.311. The third-order valence-corrected chi connectivity index (χ3v) is 0.987. The lowest BCUT2D eigenvalue weighted by Gasteiger charge is -2.15. The summed E-state index contributed by atoms with van der Waals surface area (Å²) < 4.78 is 0. The number of aliphatic hydroxyl groups is 2. The molecule has 0 aromatic rings. The Morgan fingerprint density at radius 1 is 1.67 bits per heavy atom. The van der Waals surface area contributed by atoms with Crippen molar-refractivity contribution in [2.75, 3.05) is 6.61 Å². The molecule has 0 saturated heterocycles. The van der Waals surface area contributed by atoms with E-state index in [1.807, 2.05) is 0 Å². The van der Waals surface area contributed by atoms with Crippen LogP contribution in [-0.4, -0.2) is 32.8 Å². The molecule has 0 amide bonds. The Bertz CT molecular complexity index is 111. The van der Waals surface area contributed by atoms with Crippen LogP contribution in [0.4, 0.5) is 0 Å². The van der Waals surface area contributed by atoms with E-state index in [-0.39, 0.29) is 0 Å². The van der Waals surface area contributed by atoms with Crippen LogP contribution in [0.15, 0.2) is 0 Å². The number of carbonyl (C=O) groups is 1. The van der Waals surface area contributed by atoms with E-state index in [0.29, 0.717) is 0 Å². The van der Waals surface area contributed by atoms with Gasteiger partial charge in [0.05, 0.1) is 13.0 Å². The Balaban J connectivity index is 3.71. The van der Waals surface area contributed by atoms with Gasteiger partial charge in [0.25, 0.3) is 0 Å². The van der Waals surface area contributed by atoms with E-state index in [1.165, 1.54) is 0 Å². The molecular weight excluding hydrogens is 144 g/mol. The van der Waals surface area contributed by atoms with Crippen LogP contribution in [-0.2, 0) is 4.79 Å². The predicted molar refractivity (Wildman–Crippen MR) is 33.3 cm³/mol. The highest BCUT2D eigenvalue weighted by Crippen LogP contribution is 2.12. The number of aliphatic hydroxyl groups excluding tert-OH is 1. The Morgan fingerprint density at radius 2 is 2.11 bits per heavy atom. The van der Waals surface area contributed by atoms with Gasteiger partial charge in [0, 0.05) is 0 Å². The second kappa shape index (κ2) is 3.05. The number of carboxylic acids is 1. The lowest BCUT2D eigenvalue weighted by molar-refractivity contribution is -0.140. The van der Waals surface area contributed by atoms with Crippen LogP contribution in [0.5, 0.6) is 0 Å². The largest absolute Gasteiger partial charge is 0.481 e. The minimum absolute atomic E-state index is 0.563. The standard InChI is InChI=1S/C4H8O4S/c5-2-4(8,9)1-3(6)7/h5,8-9H,1-2H2,(H,6,7). The van der Waals surface area contributed by atoms with Gasteiger partial charge in [0.15, 0.2) is 0 Å². The van der Waals surface area contributed by atoms with Gasteiger partial charge in [0.1, 0.15) is 4.93 Å². The molecule has 54 valence electrons. The Hall–Kier alpha value is -0.260. The fourth-order valence-corrected chi connectivity index (χ4v) is 0.433. The van der Waals surface area contributed by atoms with Gasteiger partial charge in [-0.05, 0) is 0 Å². The number of aliphatic carboxylic acids is 1. The predicted octanol–water partition coefficient (Wildman–Crippen LogP) is -0.928. The zero-order valence-electron chi connectivity index (χ0n) is 4.61. The molecule has 0 radical (unpaired) electrons. The molecule has 0 aliphatic heterocycles. The lowest BCUT2D eigenvalue weighted by Crippen LogP contribution is -2.29. The SMILES string of the molecule is O=C(O)CC(O)(S)CO. The topological polar surface area (TPSA) is 77.8 Å². The Labute approximate surface area is 57.5 Å². The zero-order valence-corrected chi connectivity index (χ0v) is 5.51. The highest BCUT2D eigenvalue weighted by Gasteiger charge is 2.23. The first-order chi connectivity index (χ1) is 3.98. The summed E-state index contributed by atoms with van der Waals surface area (Å²) in [6, 6.07) is 0. The molecular formula is C4H8O4S. The number of hydrogen-bond donors (Lipinski definition) is 4. The summed E-state index contributed by atoms with van der Waals surface area (Å²) in [6.45, 7) is -0.664. The molecule has 0 spiro atoms. The van der Waals surface area contributed by atoms with Gasteiger partial charge in [-0.3, -0.25) is 4.79 Å². The molecule has 0 rings (SSSR count). The van der Waals surface area contributed by atoms with Crippen molar-refractivity contribution in [1.29, 1.82) is 0 Å². The average molecular weight is 152 g/mol. The summed E-state index contributed by atoms with van der Waals surface area (Å²) in [7, 11) is 0. The third kappa shape index (κ3) is 4.26. The van der Waals surface area contributed by atoms with E-state index in [1.54, 1.807) is 0 Å². The van der Waals surface area contributed by atoms with Crippen molar-refractivity contribution in [3.63, 3.8) is 0 Å². The van der Waals surface area contributed by atoms with Crippen LogP contribution in [0.1, 0.15) is 6.42 Å². The molecule has 0 aromatic carbocycles. The summed E-state index contributed by atoms with van der Waals surface area (Å²) >= 11 is 3.45. The van der Waals surface area contributed by atoms with Crippen molar-refractivity contribution >= 4 is 18.6 Å². The second-order valence-corrected chi connectivity index (χ2v) is 2.54. The number of hydrogen-bond acceptors (Lipinski definition) is 4. The van der Waals surface area contributed by atoms with Crippen LogP contribution >= 0.6 is 12.6 Å². The molecule has 4 nitrogen and oxygen atoms in total. The van der Waals surface area contributed by atoms with E-state index >= 15 is 0 Å². The highest BCUT2D eigenvalue weighted by atomic mass is 32.1. The van der Waals surface area contributed by atoms with Crippen molar-refractivity contribution in [1.82, 2.24) is 0 Å². The fraction of sp³-hybridized carbons (Fsp3) is 0.750. The van der Waals surface area contributed by atoms with Crippen molar-refractivity contribution in [3.8, 4) is 0 Å². The molecule has 0 heterocycles. The van der Waals surface area contributed by atoms with Gasteiger partial charge in [0.2, 0.25) is 0 Å². The minimum Gasteiger partial charge on any atom is -0.481 e. The molecule has 1 unspecified atom stereocenters. The Morgan fingerprint density at radius 3 is 2.22 bits per heavy atom. The van der Waals surface area contributed by atoms with Crippen molar-refractivity contribution in [2.24, 2.45) is 0 Å². The molecule has 0 saturated carbocycles. The number of rotatable bonds is 3. The minimum atomic E-state index is -1.79. The van der Waals surface area contributed by atoms with Crippen LogP contribution in [0.25, 0.3) is 0 Å². The smallest absolute Gasteiger partial charge is 0.307 e. The van der Waals surface area contributed by atoms with Crippen LogP contribution < -0.4 is 0 Å². The maximum Gasteiger partial charge on any atom is 0.307 e. The lowest BCUT2D eigenvalue weighted by atomic mass is 10.2. The van der Waals surface area contributed by atoms with Gasteiger partial charge < -0.3 is 15.3 Å². The maximum atomic E-state index is 9.85. The van der Waals surface area contributed by atoms with E-state index in [0.717, 1.165) is 0 Å². The van der Waals surface area contributed by atoms with Gasteiger partial charge in [-0.2, -0.15) is 0 Å². The third-order valence-electron chi connectivity index (χ3n) is 0.688. The zero-order chi connectivity index (χ0) is 7.49. The van der Waals surface area contributed by atoms with Crippen LogP contribution in [0.3, 0.4) is 0 Å². The molecule has 9 heavy (non-hydrogen) atoms. The van der Waals surface area contributed by atoms with Gasteiger partial charge in [-0.15, -0.1) is 12.6 Å². The Kier molecular flexibility index (Phi) is 2.96. The summed E-state index contributed by atoms with van der Waals surface area (Å²) in [5.41, 5.74) is 0. The van der Waals surface area contributed by atoms with E-state index in [9.17, 15) is 4.79 Å². The van der Waals surface area contributed by atoms with Crippen LogP contribution in [0.2, 0.25) is 0 Å². The molecule has 0 bridgehead atoms. The van der Waals surface area contributed by atoms with Gasteiger partial charge in [-0.1, -0.05) is 0 Å². The first kappa shape index (κ1) is 8.74. The van der Waals surface area contributed by atoms with E-state index < -0.39 is 23.9 Å². The van der Waals surface area contributed by atoms with Crippen molar-refractivity contribution in [2.45, 2.75) is 11.4 Å². The molecule has 3 N–H and O–H groups in total. The number of carboxylic acid groups (broad SMARTS) is 1. The van der Waals surface area contributed by atoms with Gasteiger partial charge >= 0.3 is 5.97 Å². The monoisotopic (exact) mass is 152 g/mol. The van der Waals surface area contributed by atoms with Crippen molar-refractivity contribution in [3.05, 3.63) is 0 Å². The fourth-order valence-electron chi connectivity index (χ4n) is 0.298. The molecule has 5 heteroatoms. The van der Waals surface area contributed by atoms with Crippen LogP contribution in [0, 0.1) is 0 Å².